The third-order valence-corrected chi connectivity index (χ3v) is 3.84. The molecule has 1 aromatic rings. The summed E-state index contributed by atoms with van der Waals surface area (Å²) in [5.41, 5.74) is 1.87. The average Bonchev–Trinajstić information content (AvgIpc) is 2.81. The molecule has 0 aliphatic heterocycles. The van der Waals surface area contributed by atoms with Crippen LogP contribution in [0.5, 0.6) is 0 Å². The van der Waals surface area contributed by atoms with Gasteiger partial charge in [0.05, 0.1) is 4.92 Å². The standard InChI is InChI=1S/C14H20N2O2/c1-10-7-8-14(16(17)18)13(9-10)15-11(2)12-5-3-4-6-12/h7-9,11-12,15H,3-6H2,1-2H3. The third-order valence-electron chi connectivity index (χ3n) is 3.84. The number of hydrogen-bond donors (Lipinski definition) is 1. The number of aryl methyl sites for hydroxylation is 1. The molecule has 1 aromatic carbocycles. The van der Waals surface area contributed by atoms with E-state index in [2.05, 4.69) is 12.2 Å². The lowest BCUT2D eigenvalue weighted by atomic mass is 9.99. The molecule has 0 saturated heterocycles. The summed E-state index contributed by atoms with van der Waals surface area (Å²) in [5, 5.41) is 14.3. The molecule has 1 fully saturated rings. The van der Waals surface area contributed by atoms with Gasteiger partial charge >= 0.3 is 0 Å². The van der Waals surface area contributed by atoms with Crippen LogP contribution in [0.1, 0.15) is 38.2 Å². The van der Waals surface area contributed by atoms with Gasteiger partial charge in [0, 0.05) is 12.1 Å². The van der Waals surface area contributed by atoms with Crippen molar-refractivity contribution in [2.45, 2.75) is 45.6 Å². The summed E-state index contributed by atoms with van der Waals surface area (Å²) in [6, 6.07) is 5.53. The molecule has 0 bridgehead atoms. The van der Waals surface area contributed by atoms with Crippen molar-refractivity contribution in [2.24, 2.45) is 5.92 Å². The molecule has 4 nitrogen and oxygen atoms in total. The van der Waals surface area contributed by atoms with Crippen LogP contribution in [0, 0.1) is 23.0 Å². The minimum atomic E-state index is -0.316. The fraction of sp³-hybridized carbons (Fsp3) is 0.571. The van der Waals surface area contributed by atoms with Crippen LogP contribution < -0.4 is 5.32 Å². The van der Waals surface area contributed by atoms with Gasteiger partial charge in [0.15, 0.2) is 0 Å². The second-order valence-corrected chi connectivity index (χ2v) is 5.26. The smallest absolute Gasteiger partial charge is 0.292 e. The van der Waals surface area contributed by atoms with E-state index in [9.17, 15) is 10.1 Å². The van der Waals surface area contributed by atoms with Gasteiger partial charge in [-0.15, -0.1) is 0 Å². The molecule has 18 heavy (non-hydrogen) atoms. The summed E-state index contributed by atoms with van der Waals surface area (Å²) >= 11 is 0. The molecule has 0 spiro atoms. The first kappa shape index (κ1) is 12.9. The normalized spacial score (nSPS) is 17.7. The Kier molecular flexibility index (Phi) is 3.84. The van der Waals surface area contributed by atoms with E-state index in [0.29, 0.717) is 17.6 Å². The molecule has 0 heterocycles. The molecule has 4 heteroatoms. The molecule has 0 aromatic heterocycles. The largest absolute Gasteiger partial charge is 0.377 e. The predicted octanol–water partition coefficient (Wildman–Crippen LogP) is 3.89. The van der Waals surface area contributed by atoms with Crippen molar-refractivity contribution in [1.29, 1.82) is 0 Å². The lowest BCUT2D eigenvalue weighted by Gasteiger charge is -2.21. The Hall–Kier alpha value is -1.58. The number of benzene rings is 1. The lowest BCUT2D eigenvalue weighted by Crippen LogP contribution is -2.24. The summed E-state index contributed by atoms with van der Waals surface area (Å²) in [7, 11) is 0. The fourth-order valence-corrected chi connectivity index (χ4v) is 2.75. The highest BCUT2D eigenvalue weighted by molar-refractivity contribution is 5.63. The first-order valence-corrected chi connectivity index (χ1v) is 6.59. The van der Waals surface area contributed by atoms with Crippen molar-refractivity contribution in [3.63, 3.8) is 0 Å². The number of anilines is 1. The lowest BCUT2D eigenvalue weighted by molar-refractivity contribution is -0.384. The van der Waals surface area contributed by atoms with Gasteiger partial charge in [0.25, 0.3) is 5.69 Å². The van der Waals surface area contributed by atoms with E-state index in [-0.39, 0.29) is 10.6 Å². The zero-order valence-electron chi connectivity index (χ0n) is 11.0. The van der Waals surface area contributed by atoms with Crippen LogP contribution in [-0.2, 0) is 0 Å². The molecule has 1 N–H and O–H groups in total. The number of rotatable bonds is 4. The summed E-state index contributed by atoms with van der Waals surface area (Å²) in [4.78, 5) is 10.7. The Bertz CT molecular complexity index is 439. The zero-order valence-corrected chi connectivity index (χ0v) is 11.0. The Morgan fingerprint density at radius 3 is 2.67 bits per heavy atom. The first-order valence-electron chi connectivity index (χ1n) is 6.59. The number of nitrogens with one attached hydrogen (secondary N) is 1. The van der Waals surface area contributed by atoms with Crippen molar-refractivity contribution >= 4 is 11.4 Å². The minimum absolute atomic E-state index is 0.172. The molecule has 2 rings (SSSR count). The Balaban J connectivity index is 2.16. The molecular formula is C14H20N2O2. The Morgan fingerprint density at radius 2 is 2.06 bits per heavy atom. The molecule has 1 atom stereocenters. The molecule has 1 saturated carbocycles. The van der Waals surface area contributed by atoms with Gasteiger partial charge in [-0.1, -0.05) is 18.9 Å². The molecule has 1 aliphatic rings. The second-order valence-electron chi connectivity index (χ2n) is 5.26. The van der Waals surface area contributed by atoms with E-state index >= 15 is 0 Å². The molecule has 0 amide bonds. The molecular weight excluding hydrogens is 228 g/mol. The maximum Gasteiger partial charge on any atom is 0.292 e. The van der Waals surface area contributed by atoms with Crippen LogP contribution in [0.2, 0.25) is 0 Å². The van der Waals surface area contributed by atoms with Crippen LogP contribution in [0.25, 0.3) is 0 Å². The van der Waals surface area contributed by atoms with Gasteiger partial charge in [0.1, 0.15) is 5.69 Å². The predicted molar refractivity (Wildman–Crippen MR) is 72.9 cm³/mol. The summed E-state index contributed by atoms with van der Waals surface area (Å²) in [6.45, 7) is 4.08. The van der Waals surface area contributed by atoms with Crippen molar-refractivity contribution < 1.29 is 4.92 Å². The number of nitro groups is 1. The highest BCUT2D eigenvalue weighted by Crippen LogP contribution is 2.32. The summed E-state index contributed by atoms with van der Waals surface area (Å²) in [6.07, 6.45) is 5.03. The van der Waals surface area contributed by atoms with Crippen molar-refractivity contribution in [3.05, 3.63) is 33.9 Å². The second kappa shape index (κ2) is 5.38. The zero-order chi connectivity index (χ0) is 13.1. The first-order chi connectivity index (χ1) is 8.58. The summed E-state index contributed by atoms with van der Waals surface area (Å²) in [5.74, 6) is 0.644. The van der Waals surface area contributed by atoms with Crippen LogP contribution in [0.15, 0.2) is 18.2 Å². The van der Waals surface area contributed by atoms with Crippen molar-refractivity contribution in [1.82, 2.24) is 0 Å². The average molecular weight is 248 g/mol. The number of nitrogens with zero attached hydrogens (tertiary/aromatic N) is 1. The summed E-state index contributed by atoms with van der Waals surface area (Å²) < 4.78 is 0. The number of hydrogen-bond acceptors (Lipinski definition) is 3. The van der Waals surface area contributed by atoms with Crippen molar-refractivity contribution in [3.8, 4) is 0 Å². The van der Waals surface area contributed by atoms with Crippen LogP contribution in [0.4, 0.5) is 11.4 Å². The van der Waals surface area contributed by atoms with Gasteiger partial charge in [0.2, 0.25) is 0 Å². The molecule has 98 valence electrons. The monoisotopic (exact) mass is 248 g/mol. The highest BCUT2D eigenvalue weighted by Gasteiger charge is 2.23. The fourth-order valence-electron chi connectivity index (χ4n) is 2.75. The van der Waals surface area contributed by atoms with E-state index in [4.69, 9.17) is 0 Å². The van der Waals surface area contributed by atoms with E-state index in [0.717, 1.165) is 5.56 Å². The molecule has 1 aliphatic carbocycles. The highest BCUT2D eigenvalue weighted by atomic mass is 16.6. The molecule has 1 unspecified atom stereocenters. The van der Waals surface area contributed by atoms with E-state index in [1.807, 2.05) is 13.0 Å². The van der Waals surface area contributed by atoms with Gasteiger partial charge in [-0.05, 0) is 44.2 Å². The van der Waals surface area contributed by atoms with E-state index in [1.165, 1.54) is 25.7 Å². The van der Waals surface area contributed by atoms with E-state index in [1.54, 1.807) is 12.1 Å². The quantitative estimate of drug-likeness (QED) is 0.649. The third kappa shape index (κ3) is 2.81. The van der Waals surface area contributed by atoms with Gasteiger partial charge < -0.3 is 5.32 Å². The minimum Gasteiger partial charge on any atom is -0.377 e. The van der Waals surface area contributed by atoms with Crippen LogP contribution in [0.3, 0.4) is 0 Å². The van der Waals surface area contributed by atoms with Gasteiger partial charge in [-0.25, -0.2) is 0 Å². The number of nitro benzene ring substituents is 1. The molecule has 0 radical (unpaired) electrons. The van der Waals surface area contributed by atoms with Gasteiger partial charge in [-0.3, -0.25) is 10.1 Å². The van der Waals surface area contributed by atoms with Gasteiger partial charge in [-0.2, -0.15) is 0 Å². The maximum absolute atomic E-state index is 11.0. The van der Waals surface area contributed by atoms with E-state index < -0.39 is 0 Å². The SMILES string of the molecule is Cc1ccc([N+](=O)[O-])c(NC(C)C2CCCC2)c1. The van der Waals surface area contributed by atoms with Crippen molar-refractivity contribution in [2.75, 3.05) is 5.32 Å². The Labute approximate surface area is 108 Å². The maximum atomic E-state index is 11.0. The topological polar surface area (TPSA) is 55.2 Å². The van der Waals surface area contributed by atoms with Crippen LogP contribution >= 0.6 is 0 Å². The Morgan fingerprint density at radius 1 is 1.39 bits per heavy atom. The van der Waals surface area contributed by atoms with Crippen LogP contribution in [-0.4, -0.2) is 11.0 Å².